The van der Waals surface area contributed by atoms with Crippen molar-refractivity contribution in [2.75, 3.05) is 5.32 Å². The van der Waals surface area contributed by atoms with Gasteiger partial charge in [-0.2, -0.15) is 0 Å². The molecule has 0 aliphatic heterocycles. The predicted octanol–water partition coefficient (Wildman–Crippen LogP) is 2.38. The molecule has 1 aromatic carbocycles. The van der Waals surface area contributed by atoms with Gasteiger partial charge in [-0.1, -0.05) is 11.6 Å². The molecule has 7 nitrogen and oxygen atoms in total. The molecular formula is C11H9ClN4O3. The minimum absolute atomic E-state index is 0.112. The second-order valence-corrected chi connectivity index (χ2v) is 4.21. The van der Waals surface area contributed by atoms with Gasteiger partial charge in [-0.3, -0.25) is 14.9 Å². The standard InChI is InChI=1S/C11H9ClN4O3/c1-6-4-7(12)2-3-8(6)15-10-9(16(18)19)11(17)14-5-13-10/h2-5H,1H3,(H2,13,14,15,17). The first kappa shape index (κ1) is 13.0. The van der Waals surface area contributed by atoms with Gasteiger partial charge >= 0.3 is 11.2 Å². The van der Waals surface area contributed by atoms with Crippen LogP contribution in [0.25, 0.3) is 0 Å². The van der Waals surface area contributed by atoms with Crippen LogP contribution >= 0.6 is 11.6 Å². The number of benzene rings is 1. The lowest BCUT2D eigenvalue weighted by Gasteiger charge is -2.08. The second-order valence-electron chi connectivity index (χ2n) is 3.77. The SMILES string of the molecule is Cc1cc(Cl)ccc1Nc1nc[nH]c(=O)c1[N+](=O)[O-]. The Kier molecular flexibility index (Phi) is 3.48. The Labute approximate surface area is 112 Å². The van der Waals surface area contributed by atoms with E-state index < -0.39 is 16.2 Å². The monoisotopic (exact) mass is 280 g/mol. The van der Waals surface area contributed by atoms with Gasteiger partial charge in [-0.25, -0.2) is 4.98 Å². The molecule has 8 heteroatoms. The Morgan fingerprint density at radius 2 is 2.21 bits per heavy atom. The van der Waals surface area contributed by atoms with Crippen LogP contribution in [0.3, 0.4) is 0 Å². The molecule has 0 saturated carbocycles. The quantitative estimate of drug-likeness (QED) is 0.664. The fraction of sp³-hybridized carbons (Fsp3) is 0.0909. The molecule has 0 aliphatic rings. The van der Waals surface area contributed by atoms with Crippen molar-refractivity contribution in [1.29, 1.82) is 0 Å². The Balaban J connectivity index is 2.47. The zero-order chi connectivity index (χ0) is 14.0. The number of nitrogens with one attached hydrogen (secondary N) is 2. The van der Waals surface area contributed by atoms with E-state index in [1.807, 2.05) is 0 Å². The average Bonchev–Trinajstić information content (AvgIpc) is 2.32. The summed E-state index contributed by atoms with van der Waals surface area (Å²) in [6.07, 6.45) is 1.10. The fourth-order valence-corrected chi connectivity index (χ4v) is 1.77. The number of nitrogens with zero attached hydrogens (tertiary/aromatic N) is 2. The van der Waals surface area contributed by atoms with Crippen molar-refractivity contribution in [1.82, 2.24) is 9.97 Å². The minimum atomic E-state index is -0.811. The van der Waals surface area contributed by atoms with Gasteiger partial charge in [0.2, 0.25) is 5.82 Å². The number of hydrogen-bond donors (Lipinski definition) is 2. The molecule has 0 saturated heterocycles. The van der Waals surface area contributed by atoms with Crippen molar-refractivity contribution in [3.05, 3.63) is 55.6 Å². The molecule has 2 aromatic rings. The first-order valence-electron chi connectivity index (χ1n) is 5.24. The van der Waals surface area contributed by atoms with Crippen LogP contribution in [0.4, 0.5) is 17.2 Å². The lowest BCUT2D eigenvalue weighted by Crippen LogP contribution is -2.14. The Hall–Kier alpha value is -2.41. The van der Waals surface area contributed by atoms with E-state index in [0.717, 1.165) is 11.9 Å². The van der Waals surface area contributed by atoms with Gasteiger partial charge in [0.15, 0.2) is 0 Å². The molecule has 0 spiro atoms. The average molecular weight is 281 g/mol. The molecule has 0 fully saturated rings. The van der Waals surface area contributed by atoms with Crippen molar-refractivity contribution < 1.29 is 4.92 Å². The molecule has 1 heterocycles. The van der Waals surface area contributed by atoms with Gasteiger partial charge in [0.05, 0.1) is 11.3 Å². The largest absolute Gasteiger partial charge is 0.376 e. The van der Waals surface area contributed by atoms with Gasteiger partial charge in [0.25, 0.3) is 0 Å². The molecule has 98 valence electrons. The third-order valence-electron chi connectivity index (χ3n) is 2.45. The van der Waals surface area contributed by atoms with Crippen LogP contribution in [0.2, 0.25) is 5.02 Å². The van der Waals surface area contributed by atoms with E-state index in [9.17, 15) is 14.9 Å². The molecule has 1 aromatic heterocycles. The van der Waals surface area contributed by atoms with Crippen molar-refractivity contribution in [2.24, 2.45) is 0 Å². The van der Waals surface area contributed by atoms with E-state index in [1.165, 1.54) is 0 Å². The summed E-state index contributed by atoms with van der Waals surface area (Å²) in [6, 6.07) is 4.99. The molecule has 0 amide bonds. The number of nitro groups is 1. The first-order valence-corrected chi connectivity index (χ1v) is 5.62. The van der Waals surface area contributed by atoms with Crippen LogP contribution < -0.4 is 10.9 Å². The Morgan fingerprint density at radius 1 is 1.47 bits per heavy atom. The maximum atomic E-state index is 11.4. The van der Waals surface area contributed by atoms with E-state index in [1.54, 1.807) is 25.1 Å². The van der Waals surface area contributed by atoms with Gasteiger partial charge < -0.3 is 10.3 Å². The molecule has 0 atom stereocenters. The molecule has 19 heavy (non-hydrogen) atoms. The predicted molar refractivity (Wildman–Crippen MR) is 71.0 cm³/mol. The number of halogens is 1. The van der Waals surface area contributed by atoms with E-state index in [-0.39, 0.29) is 5.82 Å². The third kappa shape index (κ3) is 2.71. The smallest absolute Gasteiger partial charge is 0.334 e. The van der Waals surface area contributed by atoms with Crippen molar-refractivity contribution in [2.45, 2.75) is 6.92 Å². The minimum Gasteiger partial charge on any atom is -0.334 e. The van der Waals surface area contributed by atoms with E-state index in [0.29, 0.717) is 10.7 Å². The normalized spacial score (nSPS) is 10.2. The molecule has 0 radical (unpaired) electrons. The van der Waals surface area contributed by atoms with Gasteiger partial charge in [-0.05, 0) is 30.7 Å². The van der Waals surface area contributed by atoms with Crippen molar-refractivity contribution in [3.63, 3.8) is 0 Å². The summed E-state index contributed by atoms with van der Waals surface area (Å²) in [7, 11) is 0. The van der Waals surface area contributed by atoms with E-state index in [2.05, 4.69) is 15.3 Å². The van der Waals surface area contributed by atoms with Gasteiger partial charge in [-0.15, -0.1) is 0 Å². The van der Waals surface area contributed by atoms with Crippen molar-refractivity contribution in [3.8, 4) is 0 Å². The van der Waals surface area contributed by atoms with Gasteiger partial charge in [0, 0.05) is 10.7 Å². The summed E-state index contributed by atoms with van der Waals surface area (Å²) in [5.41, 5.74) is -0.0690. The highest BCUT2D eigenvalue weighted by atomic mass is 35.5. The Bertz CT molecular complexity index is 699. The number of H-pyrrole nitrogens is 1. The first-order chi connectivity index (χ1) is 8.99. The summed E-state index contributed by atoms with van der Waals surface area (Å²) >= 11 is 5.82. The summed E-state index contributed by atoms with van der Waals surface area (Å²) in [5.74, 6) is -0.112. The van der Waals surface area contributed by atoms with Crippen LogP contribution in [-0.4, -0.2) is 14.9 Å². The lowest BCUT2D eigenvalue weighted by atomic mass is 10.2. The molecule has 0 bridgehead atoms. The summed E-state index contributed by atoms with van der Waals surface area (Å²) in [6.45, 7) is 1.78. The number of rotatable bonds is 3. The molecule has 2 rings (SSSR count). The second kappa shape index (κ2) is 5.07. The van der Waals surface area contributed by atoms with Crippen LogP contribution in [0.5, 0.6) is 0 Å². The highest BCUT2D eigenvalue weighted by molar-refractivity contribution is 6.30. The van der Waals surface area contributed by atoms with Crippen LogP contribution in [0.1, 0.15) is 5.56 Å². The summed E-state index contributed by atoms with van der Waals surface area (Å²) in [5, 5.41) is 14.2. The zero-order valence-corrected chi connectivity index (χ0v) is 10.6. The highest BCUT2D eigenvalue weighted by Gasteiger charge is 2.20. The third-order valence-corrected chi connectivity index (χ3v) is 2.69. The number of anilines is 2. The number of aromatic nitrogens is 2. The lowest BCUT2D eigenvalue weighted by molar-refractivity contribution is -0.385. The molecule has 2 N–H and O–H groups in total. The van der Waals surface area contributed by atoms with Gasteiger partial charge in [0.1, 0.15) is 0 Å². The van der Waals surface area contributed by atoms with E-state index >= 15 is 0 Å². The summed E-state index contributed by atoms with van der Waals surface area (Å²) in [4.78, 5) is 27.4. The fourth-order valence-electron chi connectivity index (χ4n) is 1.55. The number of aromatic amines is 1. The van der Waals surface area contributed by atoms with Crippen molar-refractivity contribution >= 4 is 28.8 Å². The molecule has 0 unspecified atom stereocenters. The zero-order valence-electron chi connectivity index (χ0n) is 9.81. The maximum Gasteiger partial charge on any atom is 0.376 e. The summed E-state index contributed by atoms with van der Waals surface area (Å²) < 4.78 is 0. The van der Waals surface area contributed by atoms with Crippen LogP contribution in [0.15, 0.2) is 29.3 Å². The highest BCUT2D eigenvalue weighted by Crippen LogP contribution is 2.25. The topological polar surface area (TPSA) is 101 Å². The van der Waals surface area contributed by atoms with Crippen LogP contribution in [-0.2, 0) is 0 Å². The molecular weight excluding hydrogens is 272 g/mol. The number of hydrogen-bond acceptors (Lipinski definition) is 5. The van der Waals surface area contributed by atoms with E-state index in [4.69, 9.17) is 11.6 Å². The Morgan fingerprint density at radius 3 is 2.84 bits per heavy atom. The molecule has 0 aliphatic carbocycles. The van der Waals surface area contributed by atoms with Crippen LogP contribution in [0, 0.1) is 17.0 Å². The maximum absolute atomic E-state index is 11.4. The number of aryl methyl sites for hydroxylation is 1.